The fourth-order valence-corrected chi connectivity index (χ4v) is 1.67. The smallest absolute Gasteiger partial charge is 0.313 e. The van der Waals surface area contributed by atoms with Gasteiger partial charge >= 0.3 is 5.69 Å². The van der Waals surface area contributed by atoms with Gasteiger partial charge in [-0.15, -0.1) is 0 Å². The van der Waals surface area contributed by atoms with Crippen LogP contribution in [-0.2, 0) is 0 Å². The highest BCUT2D eigenvalue weighted by atomic mass is 35.5. The molecule has 0 saturated carbocycles. The van der Waals surface area contributed by atoms with Gasteiger partial charge in [0, 0.05) is 11.1 Å². The lowest BCUT2D eigenvalue weighted by Crippen LogP contribution is -2.21. The van der Waals surface area contributed by atoms with Crippen LogP contribution in [0.5, 0.6) is 11.5 Å². The zero-order valence-corrected chi connectivity index (χ0v) is 10.7. The van der Waals surface area contributed by atoms with Crippen molar-refractivity contribution in [1.82, 2.24) is 0 Å². The number of nitro groups is 1. The normalized spacial score (nSPS) is 10.1. The van der Waals surface area contributed by atoms with Crippen LogP contribution in [0, 0.1) is 10.1 Å². The third-order valence-electron chi connectivity index (χ3n) is 2.44. The second kappa shape index (κ2) is 5.58. The molecule has 0 aliphatic carbocycles. The molecule has 0 aliphatic heterocycles. The molecule has 0 spiro atoms. The third kappa shape index (κ3) is 3.04. The first-order chi connectivity index (χ1) is 9.47. The van der Waals surface area contributed by atoms with E-state index in [1.54, 1.807) is 0 Å². The molecular weight excluding hydrogens is 286 g/mol. The molecule has 0 bridgehead atoms. The van der Waals surface area contributed by atoms with Gasteiger partial charge in [-0.3, -0.25) is 10.1 Å². The molecule has 0 atom stereocenters. The van der Waals surface area contributed by atoms with Crippen LogP contribution in [0.2, 0.25) is 5.02 Å². The van der Waals surface area contributed by atoms with E-state index in [-0.39, 0.29) is 27.8 Å². The van der Waals surface area contributed by atoms with Crippen molar-refractivity contribution in [2.75, 3.05) is 0 Å². The Morgan fingerprint density at radius 2 is 1.80 bits per heavy atom. The number of hydrogen-bond acceptors (Lipinski definition) is 5. The number of benzene rings is 2. The highest BCUT2D eigenvalue weighted by molar-refractivity contribution is 6.30. The Hall–Kier alpha value is -2.60. The Bertz CT molecular complexity index is 669. The van der Waals surface area contributed by atoms with Crippen molar-refractivity contribution >= 4 is 23.3 Å². The van der Waals surface area contributed by atoms with Gasteiger partial charge in [-0.25, -0.2) is 0 Å². The van der Waals surface area contributed by atoms with Crippen molar-refractivity contribution in [3.8, 4) is 11.5 Å². The first kappa shape index (κ1) is 13.8. The molecule has 0 saturated heterocycles. The monoisotopic (exact) mass is 292 g/mol. The Balaban J connectivity index is 2.30. The van der Waals surface area contributed by atoms with E-state index in [0.29, 0.717) is 0 Å². The van der Waals surface area contributed by atoms with Crippen LogP contribution in [0.15, 0.2) is 42.5 Å². The van der Waals surface area contributed by atoms with Gasteiger partial charge in [0.25, 0.3) is 0 Å². The van der Waals surface area contributed by atoms with Crippen LogP contribution in [0.4, 0.5) is 5.69 Å². The molecule has 0 aromatic heterocycles. The highest BCUT2D eigenvalue weighted by Crippen LogP contribution is 2.33. The van der Waals surface area contributed by atoms with Crippen molar-refractivity contribution in [2.24, 2.45) is 0 Å². The third-order valence-corrected chi connectivity index (χ3v) is 2.67. The van der Waals surface area contributed by atoms with Gasteiger partial charge in [0.15, 0.2) is 0 Å². The number of carbonyl (C=O) groups is 1. The lowest BCUT2D eigenvalue weighted by Gasteiger charge is -2.08. The van der Waals surface area contributed by atoms with E-state index in [0.717, 1.165) is 0 Å². The average molecular weight is 293 g/mol. The summed E-state index contributed by atoms with van der Waals surface area (Å²) in [5.74, 6) is -1.03. The van der Waals surface area contributed by atoms with Crippen LogP contribution in [0.25, 0.3) is 0 Å². The van der Waals surface area contributed by atoms with Crippen LogP contribution in [-0.4, -0.2) is 10.9 Å². The minimum absolute atomic E-state index is 0.0112. The number of ether oxygens (including phenoxy) is 1. The minimum atomic E-state index is -1.31. The van der Waals surface area contributed by atoms with Gasteiger partial charge in [0.05, 0.1) is 10.9 Å². The molecule has 0 aliphatic rings. The van der Waals surface area contributed by atoms with Crippen molar-refractivity contribution in [2.45, 2.75) is 0 Å². The quantitative estimate of drug-likeness (QED) is 0.637. The van der Waals surface area contributed by atoms with Gasteiger partial charge in [0.1, 0.15) is 5.75 Å². The lowest BCUT2D eigenvalue weighted by molar-refractivity contribution is -0.385. The first-order valence-electron chi connectivity index (χ1n) is 5.40. The summed E-state index contributed by atoms with van der Waals surface area (Å²) in [4.78, 5) is 20.9. The molecule has 2 aromatic carbocycles. The molecular formula is C13H7ClNO5-. The van der Waals surface area contributed by atoms with Crippen molar-refractivity contribution < 1.29 is 19.6 Å². The SMILES string of the molecule is O=C([O-])c1ccc(Oc2ccc(Cl)cc2[N+](=O)[O-])cc1. The molecule has 0 radical (unpaired) electrons. The molecule has 0 amide bonds. The summed E-state index contributed by atoms with van der Waals surface area (Å²) in [5, 5.41) is 21.7. The Morgan fingerprint density at radius 3 is 2.35 bits per heavy atom. The second-order valence-electron chi connectivity index (χ2n) is 3.78. The van der Waals surface area contributed by atoms with Gasteiger partial charge in [-0.1, -0.05) is 11.6 Å². The maximum Gasteiger partial charge on any atom is 0.313 e. The Kier molecular flexibility index (Phi) is 3.86. The molecule has 0 fully saturated rings. The number of nitrogens with zero attached hydrogens (tertiary/aromatic N) is 1. The molecule has 2 aromatic rings. The van der Waals surface area contributed by atoms with E-state index >= 15 is 0 Å². The number of aromatic carboxylic acids is 1. The first-order valence-corrected chi connectivity index (χ1v) is 5.78. The standard InChI is InChI=1S/C13H8ClNO5/c14-9-3-6-12(11(7-9)15(18)19)20-10-4-1-8(2-5-10)13(16)17/h1-7H,(H,16,17)/p-1. The molecule has 0 unspecified atom stereocenters. The van der Waals surface area contributed by atoms with Crippen molar-refractivity contribution in [1.29, 1.82) is 0 Å². The predicted molar refractivity (Wildman–Crippen MR) is 69.0 cm³/mol. The fraction of sp³-hybridized carbons (Fsp3) is 0. The van der Waals surface area contributed by atoms with Gasteiger partial charge in [-0.2, -0.15) is 0 Å². The van der Waals surface area contributed by atoms with E-state index in [1.165, 1.54) is 42.5 Å². The molecule has 0 heterocycles. The Labute approximate surface area is 118 Å². The summed E-state index contributed by atoms with van der Waals surface area (Å²) in [6.07, 6.45) is 0. The zero-order chi connectivity index (χ0) is 14.7. The lowest BCUT2D eigenvalue weighted by atomic mass is 10.2. The van der Waals surface area contributed by atoms with E-state index in [9.17, 15) is 20.0 Å². The molecule has 6 nitrogen and oxygen atoms in total. The minimum Gasteiger partial charge on any atom is -0.545 e. The van der Waals surface area contributed by atoms with E-state index in [4.69, 9.17) is 16.3 Å². The van der Waals surface area contributed by atoms with Gasteiger partial charge in [0.2, 0.25) is 5.75 Å². The average Bonchev–Trinajstić information content (AvgIpc) is 2.41. The summed E-state index contributed by atoms with van der Waals surface area (Å²) in [7, 11) is 0. The number of carbonyl (C=O) groups excluding carboxylic acids is 1. The summed E-state index contributed by atoms with van der Waals surface area (Å²) in [6, 6.07) is 9.32. The zero-order valence-electron chi connectivity index (χ0n) is 9.91. The number of carboxylic acids is 1. The second-order valence-corrected chi connectivity index (χ2v) is 4.22. The fourth-order valence-electron chi connectivity index (χ4n) is 1.51. The molecule has 20 heavy (non-hydrogen) atoms. The van der Waals surface area contributed by atoms with Gasteiger partial charge < -0.3 is 14.6 Å². The number of halogens is 1. The van der Waals surface area contributed by atoms with Crippen molar-refractivity contribution in [3.63, 3.8) is 0 Å². The van der Waals surface area contributed by atoms with Gasteiger partial charge in [-0.05, 0) is 42.0 Å². The Morgan fingerprint density at radius 1 is 1.15 bits per heavy atom. The number of hydrogen-bond donors (Lipinski definition) is 0. The highest BCUT2D eigenvalue weighted by Gasteiger charge is 2.16. The molecule has 0 N–H and O–H groups in total. The topological polar surface area (TPSA) is 92.5 Å². The van der Waals surface area contributed by atoms with Crippen molar-refractivity contribution in [3.05, 3.63) is 63.2 Å². The molecule has 7 heteroatoms. The maximum absolute atomic E-state index is 10.9. The van der Waals surface area contributed by atoms with Crippen LogP contribution in [0.3, 0.4) is 0 Å². The maximum atomic E-state index is 10.9. The van der Waals surface area contributed by atoms with E-state index < -0.39 is 10.9 Å². The number of carboxylic acid groups (broad SMARTS) is 1. The van der Waals surface area contributed by atoms with Crippen LogP contribution >= 0.6 is 11.6 Å². The largest absolute Gasteiger partial charge is 0.545 e. The number of rotatable bonds is 4. The van der Waals surface area contributed by atoms with E-state index in [2.05, 4.69) is 0 Å². The summed E-state index contributed by atoms with van der Waals surface area (Å²) in [6.45, 7) is 0. The van der Waals surface area contributed by atoms with E-state index in [1.807, 2.05) is 0 Å². The molecule has 2 rings (SSSR count). The molecule has 102 valence electrons. The summed E-state index contributed by atoms with van der Waals surface area (Å²) >= 11 is 5.69. The van der Waals surface area contributed by atoms with Crippen LogP contribution < -0.4 is 9.84 Å². The van der Waals surface area contributed by atoms with Crippen LogP contribution in [0.1, 0.15) is 10.4 Å². The summed E-state index contributed by atoms with van der Waals surface area (Å²) < 4.78 is 5.35. The number of nitro benzene ring substituents is 1. The summed E-state index contributed by atoms with van der Waals surface area (Å²) in [5.41, 5.74) is -0.288. The predicted octanol–water partition coefficient (Wildman–Crippen LogP) is 2.40.